The Balaban J connectivity index is 1.95. The lowest BCUT2D eigenvalue weighted by atomic mass is 9.93. The van der Waals surface area contributed by atoms with Crippen LogP contribution in [-0.4, -0.2) is 40.5 Å². The first-order valence-electron chi connectivity index (χ1n) is 7.47. The molecule has 2 aromatic heterocycles. The summed E-state index contributed by atoms with van der Waals surface area (Å²) in [6, 6.07) is 3.56. The molecule has 0 bridgehead atoms. The molecule has 7 heteroatoms. The van der Waals surface area contributed by atoms with Crippen LogP contribution in [0.4, 0.5) is 0 Å². The lowest BCUT2D eigenvalue weighted by Gasteiger charge is -2.28. The van der Waals surface area contributed by atoms with Gasteiger partial charge >= 0.3 is 0 Å². The molecule has 23 heavy (non-hydrogen) atoms. The number of carbonyl (C=O) groups excluding carboxylic acids is 1. The maximum atomic E-state index is 12.4. The number of nitrogens with two attached hydrogens (primary N) is 1. The van der Waals surface area contributed by atoms with Crippen LogP contribution in [0.15, 0.2) is 34.1 Å². The van der Waals surface area contributed by atoms with E-state index in [1.165, 1.54) is 0 Å². The van der Waals surface area contributed by atoms with Gasteiger partial charge in [0.05, 0.1) is 5.75 Å². The number of rotatable bonds is 7. The number of aryl methyl sites for hydroxylation is 1. The molecular weight excluding hydrogens is 312 g/mol. The molecule has 0 fully saturated rings. The number of aromatic nitrogens is 2. The van der Waals surface area contributed by atoms with Gasteiger partial charge in [-0.15, -0.1) is 0 Å². The van der Waals surface area contributed by atoms with Gasteiger partial charge < -0.3 is 19.6 Å². The van der Waals surface area contributed by atoms with Crippen LogP contribution in [0.5, 0.6) is 0 Å². The van der Waals surface area contributed by atoms with Gasteiger partial charge in [-0.25, -0.2) is 4.98 Å². The largest absolute Gasteiger partial charge is 0.455 e. The fourth-order valence-electron chi connectivity index (χ4n) is 2.16. The summed E-state index contributed by atoms with van der Waals surface area (Å²) in [5.74, 6) is 1.62. The third-order valence-electron chi connectivity index (χ3n) is 3.56. The van der Waals surface area contributed by atoms with Crippen LogP contribution in [0.3, 0.4) is 0 Å². The van der Waals surface area contributed by atoms with Gasteiger partial charge in [0, 0.05) is 33.0 Å². The Hall–Kier alpha value is -1.73. The minimum atomic E-state index is -0.125. The second-order valence-corrected chi connectivity index (χ2v) is 7.35. The van der Waals surface area contributed by atoms with Crippen LogP contribution in [0.2, 0.25) is 0 Å². The molecular formula is C16H24N4O2S. The first kappa shape index (κ1) is 17.6. The summed E-state index contributed by atoms with van der Waals surface area (Å²) in [6.07, 6.45) is 3.65. The van der Waals surface area contributed by atoms with Crippen molar-refractivity contribution in [1.29, 1.82) is 0 Å². The van der Waals surface area contributed by atoms with Crippen LogP contribution >= 0.6 is 11.8 Å². The van der Waals surface area contributed by atoms with Crippen molar-refractivity contribution in [1.82, 2.24) is 14.5 Å². The zero-order valence-corrected chi connectivity index (χ0v) is 14.9. The van der Waals surface area contributed by atoms with Crippen molar-refractivity contribution in [3.8, 4) is 0 Å². The van der Waals surface area contributed by atoms with Gasteiger partial charge in [-0.05, 0) is 24.1 Å². The molecule has 0 saturated carbocycles. The predicted molar refractivity (Wildman–Crippen MR) is 91.3 cm³/mol. The van der Waals surface area contributed by atoms with Crippen LogP contribution in [0, 0.1) is 5.41 Å². The lowest BCUT2D eigenvalue weighted by Crippen LogP contribution is -2.39. The van der Waals surface area contributed by atoms with E-state index in [0.717, 1.165) is 10.9 Å². The zero-order chi connectivity index (χ0) is 17.0. The van der Waals surface area contributed by atoms with Gasteiger partial charge in [0.25, 0.3) is 5.91 Å². The van der Waals surface area contributed by atoms with E-state index in [1.54, 1.807) is 36.0 Å². The van der Waals surface area contributed by atoms with Crippen LogP contribution in [0.25, 0.3) is 0 Å². The highest BCUT2D eigenvalue weighted by Gasteiger charge is 2.23. The molecule has 6 nitrogen and oxygen atoms in total. The number of amides is 1. The highest BCUT2D eigenvalue weighted by atomic mass is 32.2. The maximum Gasteiger partial charge on any atom is 0.289 e. The topological polar surface area (TPSA) is 77.3 Å². The quantitative estimate of drug-likeness (QED) is 0.786. The standard InChI is InChI=1S/C16H24N4O2S/c1-16(2,10-17)11-20(4)14(21)13-6-5-12(22-13)9-23-15-18-7-8-19(15)3/h5-8H,9-11,17H2,1-4H3. The van der Waals surface area contributed by atoms with Crippen LogP contribution in [-0.2, 0) is 12.8 Å². The van der Waals surface area contributed by atoms with Gasteiger partial charge in [-0.3, -0.25) is 4.79 Å². The molecule has 2 rings (SSSR count). The molecule has 1 amide bonds. The van der Waals surface area contributed by atoms with E-state index in [-0.39, 0.29) is 11.3 Å². The fourth-order valence-corrected chi connectivity index (χ4v) is 2.99. The van der Waals surface area contributed by atoms with Crippen molar-refractivity contribution in [2.75, 3.05) is 20.1 Å². The molecule has 0 saturated heterocycles. The average Bonchev–Trinajstić information content (AvgIpc) is 3.13. The maximum absolute atomic E-state index is 12.4. The van der Waals surface area contributed by atoms with Gasteiger partial charge in [0.1, 0.15) is 5.76 Å². The third kappa shape index (κ3) is 4.62. The Morgan fingerprint density at radius 1 is 1.48 bits per heavy atom. The van der Waals surface area contributed by atoms with Crippen molar-refractivity contribution < 1.29 is 9.21 Å². The smallest absolute Gasteiger partial charge is 0.289 e. The first-order valence-corrected chi connectivity index (χ1v) is 8.45. The number of nitrogens with zero attached hydrogens (tertiary/aromatic N) is 3. The number of hydrogen-bond donors (Lipinski definition) is 1. The summed E-state index contributed by atoms with van der Waals surface area (Å²) in [4.78, 5) is 18.3. The summed E-state index contributed by atoms with van der Waals surface area (Å²) < 4.78 is 7.62. The average molecular weight is 336 g/mol. The highest BCUT2D eigenvalue weighted by Crippen LogP contribution is 2.23. The van der Waals surface area contributed by atoms with Crippen molar-refractivity contribution in [2.45, 2.75) is 24.8 Å². The molecule has 0 aromatic carbocycles. The Kier molecular flexibility index (Phi) is 5.54. The minimum absolute atomic E-state index is 0.117. The number of thioether (sulfide) groups is 1. The summed E-state index contributed by atoms with van der Waals surface area (Å²) in [6.45, 7) is 5.18. The SMILES string of the molecule is CN(CC(C)(C)CN)C(=O)c1ccc(CSc2nccn2C)o1. The van der Waals surface area contributed by atoms with Gasteiger partial charge in [-0.1, -0.05) is 25.6 Å². The minimum Gasteiger partial charge on any atom is -0.455 e. The molecule has 2 N–H and O–H groups in total. The van der Waals surface area contributed by atoms with E-state index in [9.17, 15) is 4.79 Å². The summed E-state index contributed by atoms with van der Waals surface area (Å²) in [5.41, 5.74) is 5.61. The fraction of sp³-hybridized carbons (Fsp3) is 0.500. The normalized spacial score (nSPS) is 11.7. The number of hydrogen-bond acceptors (Lipinski definition) is 5. The zero-order valence-electron chi connectivity index (χ0n) is 14.1. The Labute approximate surface area is 141 Å². The molecule has 2 aromatic rings. The predicted octanol–water partition coefficient (Wildman–Crippen LogP) is 2.36. The van der Waals surface area contributed by atoms with Crippen molar-refractivity contribution in [3.63, 3.8) is 0 Å². The Morgan fingerprint density at radius 2 is 2.22 bits per heavy atom. The molecule has 2 heterocycles. The Bertz CT molecular complexity index is 663. The third-order valence-corrected chi connectivity index (χ3v) is 4.64. The number of carbonyl (C=O) groups is 1. The van der Waals surface area contributed by atoms with E-state index in [4.69, 9.17) is 10.2 Å². The molecule has 0 aliphatic carbocycles. The van der Waals surface area contributed by atoms with Crippen LogP contribution in [0.1, 0.15) is 30.2 Å². The lowest BCUT2D eigenvalue weighted by molar-refractivity contribution is 0.0707. The highest BCUT2D eigenvalue weighted by molar-refractivity contribution is 7.98. The molecule has 0 aliphatic heterocycles. The summed E-state index contributed by atoms with van der Waals surface area (Å²) in [5, 5.41) is 0.913. The van der Waals surface area contributed by atoms with Gasteiger partial charge in [-0.2, -0.15) is 0 Å². The van der Waals surface area contributed by atoms with Gasteiger partial charge in [0.15, 0.2) is 10.9 Å². The molecule has 0 radical (unpaired) electrons. The van der Waals surface area contributed by atoms with E-state index < -0.39 is 0 Å². The van der Waals surface area contributed by atoms with Gasteiger partial charge in [0.2, 0.25) is 0 Å². The number of imidazole rings is 1. The van der Waals surface area contributed by atoms with Crippen molar-refractivity contribution >= 4 is 17.7 Å². The van der Waals surface area contributed by atoms with E-state index >= 15 is 0 Å². The Morgan fingerprint density at radius 3 is 2.83 bits per heavy atom. The van der Waals surface area contributed by atoms with E-state index in [1.807, 2.05) is 37.7 Å². The first-order chi connectivity index (χ1) is 10.8. The second-order valence-electron chi connectivity index (χ2n) is 6.40. The van der Waals surface area contributed by atoms with E-state index in [0.29, 0.717) is 24.6 Å². The monoisotopic (exact) mass is 336 g/mol. The molecule has 0 atom stereocenters. The van der Waals surface area contributed by atoms with Crippen molar-refractivity contribution in [3.05, 3.63) is 36.0 Å². The molecule has 0 unspecified atom stereocenters. The summed E-state index contributed by atoms with van der Waals surface area (Å²) in [7, 11) is 3.71. The summed E-state index contributed by atoms with van der Waals surface area (Å²) >= 11 is 1.57. The second kappa shape index (κ2) is 7.23. The molecule has 0 aliphatic rings. The van der Waals surface area contributed by atoms with E-state index in [2.05, 4.69) is 4.98 Å². The molecule has 0 spiro atoms. The van der Waals surface area contributed by atoms with Crippen molar-refractivity contribution in [2.24, 2.45) is 18.2 Å². The molecule has 126 valence electrons. The number of furan rings is 1. The van der Waals surface area contributed by atoms with Crippen LogP contribution < -0.4 is 5.73 Å².